The first-order valence-electron chi connectivity index (χ1n) is 5.72. The van der Waals surface area contributed by atoms with Crippen molar-refractivity contribution < 1.29 is 19.2 Å². The number of nitrogen functional groups attached to an aromatic ring is 1. The van der Waals surface area contributed by atoms with Crippen LogP contribution in [0.2, 0.25) is 0 Å². The molecule has 0 amide bonds. The second-order valence-corrected chi connectivity index (χ2v) is 3.99. The Kier molecular flexibility index (Phi) is 3.70. The normalized spacial score (nSPS) is 10.4. The molecular formula is C13H14N2O4. The summed E-state index contributed by atoms with van der Waals surface area (Å²) in [5.74, 6) is -0.0332. The Labute approximate surface area is 109 Å². The Morgan fingerprint density at radius 3 is 3.00 bits per heavy atom. The van der Waals surface area contributed by atoms with E-state index in [0.717, 1.165) is 5.56 Å². The van der Waals surface area contributed by atoms with E-state index < -0.39 is 5.97 Å². The number of aliphatic carboxylic acids is 1. The maximum absolute atomic E-state index is 10.6. The highest BCUT2D eigenvalue weighted by Crippen LogP contribution is 2.32. The lowest BCUT2D eigenvalue weighted by atomic mass is 10.0. The maximum Gasteiger partial charge on any atom is 0.303 e. The molecule has 0 atom stereocenters. The van der Waals surface area contributed by atoms with Crippen LogP contribution in [0.1, 0.15) is 12.1 Å². The molecule has 1 aromatic carbocycles. The van der Waals surface area contributed by atoms with E-state index in [-0.39, 0.29) is 18.7 Å². The van der Waals surface area contributed by atoms with Gasteiger partial charge in [-0.3, -0.25) is 4.79 Å². The average molecular weight is 262 g/mol. The first kappa shape index (κ1) is 12.9. The van der Waals surface area contributed by atoms with Crippen molar-refractivity contribution in [3.05, 3.63) is 30.0 Å². The van der Waals surface area contributed by atoms with Gasteiger partial charge in [-0.05, 0) is 17.7 Å². The second-order valence-electron chi connectivity index (χ2n) is 3.99. The van der Waals surface area contributed by atoms with E-state index in [0.29, 0.717) is 17.0 Å². The first-order valence-corrected chi connectivity index (χ1v) is 5.72. The molecular weight excluding hydrogens is 248 g/mol. The van der Waals surface area contributed by atoms with E-state index in [4.69, 9.17) is 20.1 Å². The van der Waals surface area contributed by atoms with E-state index in [1.54, 1.807) is 13.2 Å². The van der Waals surface area contributed by atoms with Crippen molar-refractivity contribution in [1.29, 1.82) is 0 Å². The lowest BCUT2D eigenvalue weighted by Gasteiger charge is -2.04. The number of benzene rings is 1. The van der Waals surface area contributed by atoms with Gasteiger partial charge in [-0.2, -0.15) is 0 Å². The molecule has 0 saturated heterocycles. The van der Waals surface area contributed by atoms with Gasteiger partial charge in [0.05, 0.1) is 24.8 Å². The summed E-state index contributed by atoms with van der Waals surface area (Å²) >= 11 is 0. The summed E-state index contributed by atoms with van der Waals surface area (Å²) in [6, 6.07) is 7.27. The maximum atomic E-state index is 10.6. The van der Waals surface area contributed by atoms with Gasteiger partial charge in [-0.25, -0.2) is 0 Å². The molecule has 6 nitrogen and oxygen atoms in total. The molecule has 0 fully saturated rings. The number of carboxylic acids is 1. The number of hydrogen-bond acceptors (Lipinski definition) is 5. The van der Waals surface area contributed by atoms with E-state index in [9.17, 15) is 4.79 Å². The van der Waals surface area contributed by atoms with Crippen molar-refractivity contribution >= 4 is 11.9 Å². The van der Waals surface area contributed by atoms with Gasteiger partial charge in [0.15, 0.2) is 0 Å². The molecule has 3 N–H and O–H groups in total. The number of carbonyl (C=O) groups is 1. The number of anilines is 1. The Hall–Kier alpha value is -2.50. The lowest BCUT2D eigenvalue weighted by molar-refractivity contribution is -0.136. The fourth-order valence-electron chi connectivity index (χ4n) is 1.82. The Morgan fingerprint density at radius 1 is 1.53 bits per heavy atom. The smallest absolute Gasteiger partial charge is 0.303 e. The highest BCUT2D eigenvalue weighted by Gasteiger charge is 2.17. The number of rotatable bonds is 5. The van der Waals surface area contributed by atoms with Crippen molar-refractivity contribution in [2.75, 3.05) is 12.8 Å². The molecule has 0 aliphatic rings. The molecule has 1 heterocycles. The van der Waals surface area contributed by atoms with E-state index in [1.165, 1.54) is 0 Å². The molecule has 0 spiro atoms. The van der Waals surface area contributed by atoms with Gasteiger partial charge >= 0.3 is 5.97 Å². The second kappa shape index (κ2) is 5.43. The molecule has 19 heavy (non-hydrogen) atoms. The monoisotopic (exact) mass is 262 g/mol. The van der Waals surface area contributed by atoms with Gasteiger partial charge in [0.1, 0.15) is 5.75 Å². The molecule has 0 aliphatic carbocycles. The Morgan fingerprint density at radius 2 is 2.32 bits per heavy atom. The zero-order valence-electron chi connectivity index (χ0n) is 10.4. The van der Waals surface area contributed by atoms with Crippen molar-refractivity contribution in [1.82, 2.24) is 5.16 Å². The van der Waals surface area contributed by atoms with Crippen LogP contribution in [0.5, 0.6) is 5.75 Å². The summed E-state index contributed by atoms with van der Waals surface area (Å²) in [6.07, 6.45) is 0.242. The number of aryl methyl sites for hydroxylation is 1. The molecule has 2 rings (SSSR count). The van der Waals surface area contributed by atoms with Gasteiger partial charge in [-0.1, -0.05) is 17.3 Å². The predicted molar refractivity (Wildman–Crippen MR) is 68.9 cm³/mol. The Balaban J connectivity index is 2.37. The van der Waals surface area contributed by atoms with Crippen molar-refractivity contribution in [3.8, 4) is 16.9 Å². The number of hydrogen-bond donors (Lipinski definition) is 2. The molecule has 0 unspecified atom stereocenters. The van der Waals surface area contributed by atoms with Crippen LogP contribution >= 0.6 is 0 Å². The number of carboxylic acid groups (broad SMARTS) is 1. The van der Waals surface area contributed by atoms with Crippen LogP contribution in [-0.2, 0) is 11.2 Å². The van der Waals surface area contributed by atoms with E-state index in [2.05, 4.69) is 5.16 Å². The van der Waals surface area contributed by atoms with Crippen LogP contribution in [0, 0.1) is 0 Å². The molecule has 1 aromatic heterocycles. The van der Waals surface area contributed by atoms with Crippen molar-refractivity contribution in [3.63, 3.8) is 0 Å². The minimum Gasteiger partial charge on any atom is -0.497 e. The SMILES string of the molecule is COc1cccc(-c2c(CCC(=O)O)noc2N)c1. The molecule has 6 heteroatoms. The molecule has 2 aromatic rings. The van der Waals surface area contributed by atoms with Crippen LogP contribution in [0.4, 0.5) is 5.88 Å². The summed E-state index contributed by atoms with van der Waals surface area (Å²) in [5.41, 5.74) is 7.70. The highest BCUT2D eigenvalue weighted by molar-refractivity contribution is 5.76. The lowest BCUT2D eigenvalue weighted by Crippen LogP contribution is -1.99. The van der Waals surface area contributed by atoms with Crippen molar-refractivity contribution in [2.45, 2.75) is 12.8 Å². The van der Waals surface area contributed by atoms with Crippen LogP contribution in [0.3, 0.4) is 0 Å². The molecule has 100 valence electrons. The standard InChI is InChI=1S/C13H14N2O4/c1-18-9-4-2-3-8(7-9)12-10(5-6-11(16)17)15-19-13(12)14/h2-4,7H,5-6,14H2,1H3,(H,16,17). The number of nitrogens with two attached hydrogens (primary N) is 1. The average Bonchev–Trinajstić information content (AvgIpc) is 2.77. The zero-order chi connectivity index (χ0) is 13.8. The van der Waals surface area contributed by atoms with Gasteiger partial charge in [0, 0.05) is 6.42 Å². The summed E-state index contributed by atoms with van der Waals surface area (Å²) < 4.78 is 10.1. The van der Waals surface area contributed by atoms with E-state index in [1.807, 2.05) is 18.2 Å². The topological polar surface area (TPSA) is 98.6 Å². The Bertz CT molecular complexity index is 592. The first-order chi connectivity index (χ1) is 9.11. The third-order valence-corrected chi connectivity index (χ3v) is 2.72. The van der Waals surface area contributed by atoms with Gasteiger partial charge in [-0.15, -0.1) is 0 Å². The van der Waals surface area contributed by atoms with Crippen LogP contribution in [0.25, 0.3) is 11.1 Å². The fourth-order valence-corrected chi connectivity index (χ4v) is 1.82. The third-order valence-electron chi connectivity index (χ3n) is 2.72. The van der Waals surface area contributed by atoms with Crippen LogP contribution < -0.4 is 10.5 Å². The quantitative estimate of drug-likeness (QED) is 0.854. The van der Waals surface area contributed by atoms with Crippen LogP contribution in [0.15, 0.2) is 28.8 Å². The minimum absolute atomic E-state index is 0.0249. The number of methoxy groups -OCH3 is 1. The van der Waals surface area contributed by atoms with Crippen LogP contribution in [-0.4, -0.2) is 23.3 Å². The molecule has 0 radical (unpaired) electrons. The minimum atomic E-state index is -0.891. The van der Waals surface area contributed by atoms with Gasteiger partial charge in [0.25, 0.3) is 0 Å². The number of nitrogens with zero attached hydrogens (tertiary/aromatic N) is 1. The summed E-state index contributed by atoms with van der Waals surface area (Å²) in [7, 11) is 1.57. The largest absolute Gasteiger partial charge is 0.497 e. The van der Waals surface area contributed by atoms with Crippen molar-refractivity contribution in [2.24, 2.45) is 0 Å². The zero-order valence-corrected chi connectivity index (χ0v) is 10.4. The predicted octanol–water partition coefficient (Wildman–Crippen LogP) is 1.95. The van der Waals surface area contributed by atoms with E-state index >= 15 is 0 Å². The third kappa shape index (κ3) is 2.85. The number of aromatic nitrogens is 1. The fraction of sp³-hybridized carbons (Fsp3) is 0.231. The number of ether oxygens (including phenoxy) is 1. The summed E-state index contributed by atoms with van der Waals surface area (Å²) in [4.78, 5) is 10.6. The van der Waals surface area contributed by atoms with Gasteiger partial charge in [0.2, 0.25) is 5.88 Å². The highest BCUT2D eigenvalue weighted by atomic mass is 16.5. The van der Waals surface area contributed by atoms with Gasteiger partial charge < -0.3 is 20.1 Å². The summed E-state index contributed by atoms with van der Waals surface area (Å²) in [6.45, 7) is 0. The molecule has 0 aliphatic heterocycles. The molecule has 0 bridgehead atoms. The summed E-state index contributed by atoms with van der Waals surface area (Å²) in [5, 5.41) is 12.5. The molecule has 0 saturated carbocycles.